The molecule has 1 aliphatic rings. The summed E-state index contributed by atoms with van der Waals surface area (Å²) in [6.45, 7) is 8.04. The number of aliphatic imine (C=N–C) groups is 1. The second kappa shape index (κ2) is 8.12. The van der Waals surface area contributed by atoms with Crippen LogP contribution < -0.4 is 14.2 Å². The molecule has 5 heteroatoms. The number of ketones is 1. The zero-order valence-corrected chi connectivity index (χ0v) is 17.7. The quantitative estimate of drug-likeness (QED) is 0.570. The van der Waals surface area contributed by atoms with Gasteiger partial charge in [-0.1, -0.05) is 0 Å². The number of allylic oxidation sites excluding steroid dienone is 2. The third kappa shape index (κ3) is 4.32. The number of benzene rings is 2. The Morgan fingerprint density at radius 2 is 1.74 bits per heavy atom. The number of fused-ring (bicyclic) bond motifs is 1. The second-order valence-electron chi connectivity index (χ2n) is 7.04. The van der Waals surface area contributed by atoms with Crippen LogP contribution in [0.3, 0.4) is 0 Å². The van der Waals surface area contributed by atoms with Crippen LogP contribution >= 0.6 is 0 Å². The molecule has 0 atom stereocenters. The van der Waals surface area contributed by atoms with E-state index in [4.69, 9.17) is 0 Å². The molecule has 4 nitrogen and oxygen atoms in total. The standard InChI is InChI=1S/C22H24N2O2Se/c1-13(2)23-16-10-11-18(25)20-17(24-14(3)4)12-19(22(26)21(16)20)27-15-8-6-5-7-9-15/h5-14,24,26H,1-4H3. The number of hydrogen-bond donors (Lipinski definition) is 2. The molecule has 140 valence electrons. The topological polar surface area (TPSA) is 61.7 Å². The van der Waals surface area contributed by atoms with Crippen molar-refractivity contribution in [3.8, 4) is 5.75 Å². The number of nitrogens with zero attached hydrogens (tertiary/aromatic N) is 1. The van der Waals surface area contributed by atoms with Crippen molar-refractivity contribution in [2.24, 2.45) is 4.99 Å². The van der Waals surface area contributed by atoms with Gasteiger partial charge in [0.2, 0.25) is 0 Å². The predicted octanol–water partition coefficient (Wildman–Crippen LogP) is 2.82. The molecule has 2 aromatic rings. The van der Waals surface area contributed by atoms with E-state index in [-0.39, 0.29) is 38.6 Å². The Kier molecular flexibility index (Phi) is 5.83. The Bertz CT molecular complexity index is 916. The Morgan fingerprint density at radius 3 is 2.37 bits per heavy atom. The van der Waals surface area contributed by atoms with E-state index in [1.165, 1.54) is 6.08 Å². The molecule has 0 bridgehead atoms. The van der Waals surface area contributed by atoms with Crippen LogP contribution in [0.15, 0.2) is 53.5 Å². The molecule has 0 radical (unpaired) electrons. The summed E-state index contributed by atoms with van der Waals surface area (Å²) in [5, 5.41) is 14.5. The molecule has 0 fully saturated rings. The first kappa shape index (κ1) is 19.4. The SMILES string of the molecule is CC(C)N=C1C=CC(=O)c2c(NC(C)C)cc([Se]c3ccccc3)c(O)c21. The maximum atomic E-state index is 12.7. The van der Waals surface area contributed by atoms with E-state index in [1.807, 2.05) is 52.0 Å². The molecule has 0 aliphatic heterocycles. The van der Waals surface area contributed by atoms with Gasteiger partial charge in [0.05, 0.1) is 0 Å². The van der Waals surface area contributed by atoms with Crippen molar-refractivity contribution in [3.63, 3.8) is 0 Å². The molecule has 0 saturated carbocycles. The molecular formula is C22H24N2O2Se. The van der Waals surface area contributed by atoms with Gasteiger partial charge >= 0.3 is 166 Å². The number of carbonyl (C=O) groups is 1. The van der Waals surface area contributed by atoms with E-state index in [0.29, 0.717) is 16.8 Å². The fourth-order valence-corrected chi connectivity index (χ4v) is 4.91. The first-order valence-corrected chi connectivity index (χ1v) is 10.8. The zero-order chi connectivity index (χ0) is 19.6. The first-order valence-electron chi connectivity index (χ1n) is 9.06. The van der Waals surface area contributed by atoms with Gasteiger partial charge in [-0.25, -0.2) is 0 Å². The molecule has 1 aliphatic carbocycles. The van der Waals surface area contributed by atoms with Crippen LogP contribution in [-0.4, -0.2) is 43.6 Å². The number of rotatable bonds is 5. The van der Waals surface area contributed by atoms with Gasteiger partial charge in [-0.2, -0.15) is 0 Å². The summed E-state index contributed by atoms with van der Waals surface area (Å²) in [5.74, 6) is 0.0603. The van der Waals surface area contributed by atoms with E-state index in [2.05, 4.69) is 22.4 Å². The number of carbonyl (C=O) groups excluding carboxylic acids is 1. The van der Waals surface area contributed by atoms with Gasteiger partial charge in [-0.05, 0) is 0 Å². The third-order valence-electron chi connectivity index (χ3n) is 3.97. The van der Waals surface area contributed by atoms with Gasteiger partial charge in [0.15, 0.2) is 0 Å². The first-order chi connectivity index (χ1) is 12.9. The molecule has 0 spiro atoms. The number of aromatic hydroxyl groups is 1. The normalized spacial score (nSPS) is 14.9. The summed E-state index contributed by atoms with van der Waals surface area (Å²) in [4.78, 5) is 17.3. The van der Waals surface area contributed by atoms with E-state index in [1.54, 1.807) is 6.08 Å². The Labute approximate surface area is 166 Å². The molecule has 2 N–H and O–H groups in total. The number of hydrogen-bond acceptors (Lipinski definition) is 4. The van der Waals surface area contributed by atoms with Crippen molar-refractivity contribution in [3.05, 3.63) is 59.7 Å². The van der Waals surface area contributed by atoms with Gasteiger partial charge in [-0.15, -0.1) is 0 Å². The average molecular weight is 427 g/mol. The van der Waals surface area contributed by atoms with Gasteiger partial charge in [-0.3, -0.25) is 0 Å². The van der Waals surface area contributed by atoms with Gasteiger partial charge in [0.1, 0.15) is 0 Å². The predicted molar refractivity (Wildman–Crippen MR) is 113 cm³/mol. The molecule has 27 heavy (non-hydrogen) atoms. The molecule has 0 unspecified atom stereocenters. The molecular weight excluding hydrogens is 403 g/mol. The van der Waals surface area contributed by atoms with Crippen LogP contribution in [0, 0.1) is 0 Å². The fraction of sp³-hybridized carbons (Fsp3) is 0.273. The fourth-order valence-electron chi connectivity index (χ4n) is 2.98. The maximum absolute atomic E-state index is 12.7. The Balaban J connectivity index is 2.21. The summed E-state index contributed by atoms with van der Waals surface area (Å²) in [7, 11) is 0. The average Bonchev–Trinajstić information content (AvgIpc) is 2.60. The van der Waals surface area contributed by atoms with Crippen molar-refractivity contribution < 1.29 is 9.90 Å². The van der Waals surface area contributed by atoms with E-state index in [9.17, 15) is 9.90 Å². The van der Waals surface area contributed by atoms with E-state index >= 15 is 0 Å². The van der Waals surface area contributed by atoms with Crippen LogP contribution in [-0.2, 0) is 0 Å². The third-order valence-corrected chi connectivity index (χ3v) is 6.15. The van der Waals surface area contributed by atoms with Gasteiger partial charge in [0.25, 0.3) is 0 Å². The van der Waals surface area contributed by atoms with Crippen LogP contribution in [0.5, 0.6) is 5.75 Å². The monoisotopic (exact) mass is 428 g/mol. The summed E-state index contributed by atoms with van der Waals surface area (Å²) >= 11 is -0.0824. The van der Waals surface area contributed by atoms with Crippen LogP contribution in [0.4, 0.5) is 5.69 Å². The van der Waals surface area contributed by atoms with Crippen LogP contribution in [0.1, 0.15) is 43.6 Å². The zero-order valence-electron chi connectivity index (χ0n) is 16.0. The van der Waals surface area contributed by atoms with Crippen molar-refractivity contribution in [1.29, 1.82) is 0 Å². The molecule has 0 saturated heterocycles. The van der Waals surface area contributed by atoms with Crippen molar-refractivity contribution in [1.82, 2.24) is 0 Å². The molecule has 2 aromatic carbocycles. The summed E-state index contributed by atoms with van der Waals surface area (Å²) in [6.07, 6.45) is 3.25. The molecule has 3 rings (SSSR count). The van der Waals surface area contributed by atoms with Crippen LogP contribution in [0.2, 0.25) is 0 Å². The van der Waals surface area contributed by atoms with Gasteiger partial charge in [0, 0.05) is 0 Å². The summed E-state index contributed by atoms with van der Waals surface area (Å²) < 4.78 is 2.01. The molecule has 0 amide bonds. The number of phenolic OH excluding ortho intramolecular Hbond substituents is 1. The van der Waals surface area contributed by atoms with E-state index < -0.39 is 0 Å². The minimum atomic E-state index is -0.107. The van der Waals surface area contributed by atoms with Crippen LogP contribution in [0.25, 0.3) is 0 Å². The van der Waals surface area contributed by atoms with Crippen molar-refractivity contribution >= 4 is 41.1 Å². The summed E-state index contributed by atoms with van der Waals surface area (Å²) in [5.41, 5.74) is 2.48. The molecule has 0 aromatic heterocycles. The Hall–Kier alpha value is -2.36. The Morgan fingerprint density at radius 1 is 1.04 bits per heavy atom. The number of nitrogens with one attached hydrogen (secondary N) is 1. The number of anilines is 1. The number of phenols is 1. The van der Waals surface area contributed by atoms with Crippen molar-refractivity contribution in [2.45, 2.75) is 39.8 Å². The summed E-state index contributed by atoms with van der Waals surface area (Å²) in [6, 6.07) is 12.2. The second-order valence-corrected chi connectivity index (χ2v) is 9.38. The van der Waals surface area contributed by atoms with E-state index in [0.717, 1.165) is 14.6 Å². The minimum absolute atomic E-state index is 0.0647. The van der Waals surface area contributed by atoms with Gasteiger partial charge < -0.3 is 0 Å². The van der Waals surface area contributed by atoms with Crippen molar-refractivity contribution in [2.75, 3.05) is 5.32 Å². The molecule has 0 heterocycles.